The zero-order valence-corrected chi connectivity index (χ0v) is 11.3. The fourth-order valence-electron chi connectivity index (χ4n) is 1.65. The number of carboxylic acids is 1. The van der Waals surface area contributed by atoms with Crippen LogP contribution in [0.1, 0.15) is 30.6 Å². The summed E-state index contributed by atoms with van der Waals surface area (Å²) in [6, 6.07) is 3.09. The number of esters is 1. The second-order valence-electron chi connectivity index (χ2n) is 4.17. The molecule has 1 rings (SSSR count). The van der Waals surface area contributed by atoms with E-state index in [-0.39, 0.29) is 12.6 Å². The van der Waals surface area contributed by atoms with Gasteiger partial charge >= 0.3 is 11.9 Å². The molecule has 1 atom stereocenters. The number of methoxy groups -OCH3 is 1. The summed E-state index contributed by atoms with van der Waals surface area (Å²) in [6.07, 6.45) is 2.25. The Labute approximate surface area is 112 Å². The number of rotatable bonds is 6. The molecule has 1 aromatic heterocycles. The van der Waals surface area contributed by atoms with Gasteiger partial charge in [0.15, 0.2) is 0 Å². The third-order valence-electron chi connectivity index (χ3n) is 2.89. The maximum Gasteiger partial charge on any atom is 0.338 e. The van der Waals surface area contributed by atoms with Gasteiger partial charge in [0.2, 0.25) is 0 Å². The topological polar surface area (TPSA) is 79.7 Å². The van der Waals surface area contributed by atoms with Crippen molar-refractivity contribution in [3.8, 4) is 0 Å². The van der Waals surface area contributed by atoms with Crippen LogP contribution in [0.5, 0.6) is 0 Å². The minimum atomic E-state index is -0.939. The predicted molar refractivity (Wildman–Crippen MR) is 70.3 cm³/mol. The van der Waals surface area contributed by atoms with Crippen molar-refractivity contribution in [2.75, 3.05) is 18.6 Å². The van der Waals surface area contributed by atoms with Gasteiger partial charge in [0.05, 0.1) is 12.7 Å². The van der Waals surface area contributed by atoms with E-state index in [0.29, 0.717) is 11.4 Å². The highest BCUT2D eigenvalue weighted by molar-refractivity contribution is 5.90. The van der Waals surface area contributed by atoms with Crippen molar-refractivity contribution in [1.29, 1.82) is 0 Å². The molecule has 6 nitrogen and oxygen atoms in total. The zero-order valence-electron chi connectivity index (χ0n) is 11.3. The van der Waals surface area contributed by atoms with E-state index in [1.807, 2.05) is 13.8 Å². The summed E-state index contributed by atoms with van der Waals surface area (Å²) in [5.41, 5.74) is 0.353. The molecule has 0 aliphatic rings. The molecular weight excluding hydrogens is 248 g/mol. The Bertz CT molecular complexity index is 462. The number of anilines is 1. The third-order valence-corrected chi connectivity index (χ3v) is 2.89. The Hall–Kier alpha value is -2.11. The van der Waals surface area contributed by atoms with Gasteiger partial charge in [-0.05, 0) is 25.5 Å². The number of aliphatic carboxylic acids is 1. The van der Waals surface area contributed by atoms with Gasteiger partial charge in [0.25, 0.3) is 0 Å². The maximum absolute atomic E-state index is 11.5. The summed E-state index contributed by atoms with van der Waals surface area (Å²) in [4.78, 5) is 28.2. The van der Waals surface area contributed by atoms with E-state index in [9.17, 15) is 9.59 Å². The first-order valence-corrected chi connectivity index (χ1v) is 6.02. The number of carboxylic acid groups (broad SMARTS) is 1. The highest BCUT2D eigenvalue weighted by atomic mass is 16.5. The lowest BCUT2D eigenvalue weighted by atomic mass is 10.2. The Morgan fingerprint density at radius 2 is 2.21 bits per heavy atom. The number of pyridine rings is 1. The van der Waals surface area contributed by atoms with E-state index in [2.05, 4.69) is 9.72 Å². The lowest BCUT2D eigenvalue weighted by Crippen LogP contribution is -2.37. The summed E-state index contributed by atoms with van der Waals surface area (Å²) in [6.45, 7) is 3.71. The van der Waals surface area contributed by atoms with Gasteiger partial charge in [-0.3, -0.25) is 4.79 Å². The van der Waals surface area contributed by atoms with Gasteiger partial charge in [-0.1, -0.05) is 6.92 Å². The standard InChI is InChI=1S/C13H18N2O4/c1-4-9(2)15(8-12(16)17)11-7-10(5-6-14-11)13(18)19-3/h5-7,9H,4,8H2,1-3H3,(H,16,17). The molecule has 0 aromatic carbocycles. The summed E-state index contributed by atoms with van der Waals surface area (Å²) in [5.74, 6) is -0.951. The fourth-order valence-corrected chi connectivity index (χ4v) is 1.65. The van der Waals surface area contributed by atoms with Crippen molar-refractivity contribution in [1.82, 2.24) is 4.98 Å². The second kappa shape index (κ2) is 6.72. The summed E-state index contributed by atoms with van der Waals surface area (Å²) < 4.78 is 4.64. The Kier molecular flexibility index (Phi) is 5.29. The molecule has 0 radical (unpaired) electrons. The molecule has 0 amide bonds. The predicted octanol–water partition coefficient (Wildman–Crippen LogP) is 1.56. The van der Waals surface area contributed by atoms with Gasteiger partial charge in [0, 0.05) is 12.2 Å². The molecule has 6 heteroatoms. The molecule has 0 saturated carbocycles. The van der Waals surface area contributed by atoms with Crippen molar-refractivity contribution >= 4 is 17.8 Å². The average molecular weight is 266 g/mol. The quantitative estimate of drug-likeness (QED) is 0.787. The van der Waals surface area contributed by atoms with Crippen LogP contribution in [0.15, 0.2) is 18.3 Å². The second-order valence-corrected chi connectivity index (χ2v) is 4.17. The number of carbonyl (C=O) groups is 2. The molecule has 1 unspecified atom stereocenters. The molecule has 104 valence electrons. The van der Waals surface area contributed by atoms with Gasteiger partial charge in [-0.25, -0.2) is 9.78 Å². The number of carbonyl (C=O) groups excluding carboxylic acids is 1. The van der Waals surface area contributed by atoms with Crippen molar-refractivity contribution in [2.45, 2.75) is 26.3 Å². The summed E-state index contributed by atoms with van der Waals surface area (Å²) in [5, 5.41) is 8.95. The Morgan fingerprint density at radius 3 is 2.74 bits per heavy atom. The molecule has 1 aromatic rings. The monoisotopic (exact) mass is 266 g/mol. The van der Waals surface area contributed by atoms with E-state index in [0.717, 1.165) is 6.42 Å². The number of nitrogens with zero attached hydrogens (tertiary/aromatic N) is 2. The van der Waals surface area contributed by atoms with Gasteiger partial charge in [-0.15, -0.1) is 0 Å². The SMILES string of the molecule is CCC(C)N(CC(=O)O)c1cc(C(=O)OC)ccn1. The van der Waals surface area contributed by atoms with Crippen molar-refractivity contribution in [2.24, 2.45) is 0 Å². The first kappa shape index (κ1) is 14.9. The van der Waals surface area contributed by atoms with Crippen molar-refractivity contribution in [3.63, 3.8) is 0 Å². The van der Waals surface area contributed by atoms with E-state index >= 15 is 0 Å². The first-order valence-electron chi connectivity index (χ1n) is 6.02. The number of ether oxygens (including phenoxy) is 1. The smallest absolute Gasteiger partial charge is 0.338 e. The Balaban J connectivity index is 3.08. The first-order chi connectivity index (χ1) is 8.99. The molecule has 0 bridgehead atoms. The van der Waals surface area contributed by atoms with Crippen LogP contribution >= 0.6 is 0 Å². The van der Waals surface area contributed by atoms with Crippen LogP contribution in [0, 0.1) is 0 Å². The van der Waals surface area contributed by atoms with Crippen LogP contribution in [0.3, 0.4) is 0 Å². The van der Waals surface area contributed by atoms with Crippen molar-refractivity contribution in [3.05, 3.63) is 23.9 Å². The van der Waals surface area contributed by atoms with Gasteiger partial charge < -0.3 is 14.7 Å². The number of hydrogen-bond donors (Lipinski definition) is 1. The molecule has 1 heterocycles. The highest BCUT2D eigenvalue weighted by Gasteiger charge is 2.18. The molecule has 0 spiro atoms. The normalized spacial score (nSPS) is 11.7. The molecule has 0 aliphatic heterocycles. The zero-order chi connectivity index (χ0) is 14.4. The number of aromatic nitrogens is 1. The highest BCUT2D eigenvalue weighted by Crippen LogP contribution is 2.17. The van der Waals surface area contributed by atoms with Crippen LogP contribution < -0.4 is 4.90 Å². The summed E-state index contributed by atoms with van der Waals surface area (Å²) in [7, 11) is 1.30. The van der Waals surface area contributed by atoms with Crippen LogP contribution in [0.25, 0.3) is 0 Å². The maximum atomic E-state index is 11.5. The van der Waals surface area contributed by atoms with E-state index in [1.54, 1.807) is 11.0 Å². The fraction of sp³-hybridized carbons (Fsp3) is 0.462. The van der Waals surface area contributed by atoms with Crippen LogP contribution in [0.2, 0.25) is 0 Å². The lowest BCUT2D eigenvalue weighted by Gasteiger charge is -2.28. The van der Waals surface area contributed by atoms with Gasteiger partial charge in [0.1, 0.15) is 12.4 Å². The number of hydrogen-bond acceptors (Lipinski definition) is 5. The van der Waals surface area contributed by atoms with E-state index in [1.165, 1.54) is 19.4 Å². The average Bonchev–Trinajstić information content (AvgIpc) is 2.43. The summed E-state index contributed by atoms with van der Waals surface area (Å²) >= 11 is 0. The van der Waals surface area contributed by atoms with Crippen molar-refractivity contribution < 1.29 is 19.4 Å². The Morgan fingerprint density at radius 1 is 1.53 bits per heavy atom. The van der Waals surface area contributed by atoms with E-state index < -0.39 is 11.9 Å². The molecule has 0 aliphatic carbocycles. The lowest BCUT2D eigenvalue weighted by molar-refractivity contribution is -0.135. The molecule has 0 fully saturated rings. The van der Waals surface area contributed by atoms with E-state index in [4.69, 9.17) is 5.11 Å². The van der Waals surface area contributed by atoms with Crippen LogP contribution in [0.4, 0.5) is 5.82 Å². The van der Waals surface area contributed by atoms with Gasteiger partial charge in [-0.2, -0.15) is 0 Å². The minimum absolute atomic E-state index is 0.0106. The molecule has 19 heavy (non-hydrogen) atoms. The molecular formula is C13H18N2O4. The minimum Gasteiger partial charge on any atom is -0.480 e. The third kappa shape index (κ3) is 3.94. The largest absolute Gasteiger partial charge is 0.480 e. The van der Waals surface area contributed by atoms with Crippen LogP contribution in [-0.2, 0) is 9.53 Å². The molecule has 0 saturated heterocycles. The van der Waals surface area contributed by atoms with Crippen LogP contribution in [-0.4, -0.2) is 41.7 Å². The molecule has 1 N–H and O–H groups in total.